The first kappa shape index (κ1) is 18.2. The minimum absolute atomic E-state index is 0.118. The maximum Gasteiger partial charge on any atom is 0.293 e. The normalized spacial score (nSPS) is 11.2. The topological polar surface area (TPSA) is 101 Å². The molecule has 0 aliphatic carbocycles. The van der Waals surface area contributed by atoms with Gasteiger partial charge in [0, 0.05) is 19.2 Å². The lowest BCUT2D eigenvalue weighted by Gasteiger charge is -2.10. The number of nitro groups is 1. The van der Waals surface area contributed by atoms with E-state index >= 15 is 0 Å². The first-order valence-corrected chi connectivity index (χ1v) is 8.99. The van der Waals surface area contributed by atoms with Crippen LogP contribution in [-0.2, 0) is 10.0 Å². The van der Waals surface area contributed by atoms with E-state index in [1.807, 2.05) is 0 Å². The highest BCUT2D eigenvalue weighted by molar-refractivity contribution is 7.89. The number of hydrogen-bond donors (Lipinski definition) is 2. The summed E-state index contributed by atoms with van der Waals surface area (Å²) in [7, 11) is -3.55. The number of benzene rings is 2. The van der Waals surface area contributed by atoms with Crippen molar-refractivity contribution in [1.82, 2.24) is 4.72 Å². The SMILES string of the molecule is O=[N+]([O-])c1cccc(Cl)c1NCCCNS(=O)(=O)c1ccccc1. The van der Waals surface area contributed by atoms with Gasteiger partial charge in [-0.25, -0.2) is 13.1 Å². The minimum atomic E-state index is -3.55. The van der Waals surface area contributed by atoms with Gasteiger partial charge in [-0.2, -0.15) is 0 Å². The average molecular weight is 370 g/mol. The van der Waals surface area contributed by atoms with Crippen molar-refractivity contribution in [2.45, 2.75) is 11.3 Å². The van der Waals surface area contributed by atoms with Crippen molar-refractivity contribution in [3.05, 3.63) is 63.7 Å². The Balaban J connectivity index is 1.87. The lowest BCUT2D eigenvalue weighted by atomic mass is 10.2. The third kappa shape index (κ3) is 4.67. The molecule has 7 nitrogen and oxygen atoms in total. The van der Waals surface area contributed by atoms with Crippen LogP contribution in [0.1, 0.15) is 6.42 Å². The summed E-state index contributed by atoms with van der Waals surface area (Å²) >= 11 is 5.96. The summed E-state index contributed by atoms with van der Waals surface area (Å²) in [4.78, 5) is 10.6. The zero-order chi connectivity index (χ0) is 17.6. The van der Waals surface area contributed by atoms with Gasteiger partial charge in [-0.1, -0.05) is 35.9 Å². The van der Waals surface area contributed by atoms with E-state index in [1.54, 1.807) is 24.3 Å². The van der Waals surface area contributed by atoms with E-state index in [2.05, 4.69) is 10.0 Å². The summed E-state index contributed by atoms with van der Waals surface area (Å²) < 4.78 is 26.5. The summed E-state index contributed by atoms with van der Waals surface area (Å²) in [5.41, 5.74) is 0.113. The molecular formula is C15H16ClN3O4S. The van der Waals surface area contributed by atoms with Crippen LogP contribution >= 0.6 is 11.6 Å². The highest BCUT2D eigenvalue weighted by atomic mass is 35.5. The van der Waals surface area contributed by atoms with Crippen LogP contribution in [0.25, 0.3) is 0 Å². The second-order valence-corrected chi connectivity index (χ2v) is 7.06. The van der Waals surface area contributed by atoms with Gasteiger partial charge in [-0.3, -0.25) is 10.1 Å². The van der Waals surface area contributed by atoms with Gasteiger partial charge >= 0.3 is 0 Å². The van der Waals surface area contributed by atoms with Gasteiger partial charge < -0.3 is 5.32 Å². The molecule has 0 radical (unpaired) electrons. The second-order valence-electron chi connectivity index (χ2n) is 4.88. The molecule has 0 unspecified atom stereocenters. The highest BCUT2D eigenvalue weighted by Crippen LogP contribution is 2.31. The number of rotatable bonds is 8. The predicted octanol–water partition coefficient (Wildman–Crippen LogP) is 3.03. The van der Waals surface area contributed by atoms with Crippen LogP contribution in [0.4, 0.5) is 11.4 Å². The Bertz CT molecular complexity index is 813. The molecule has 0 atom stereocenters. The fourth-order valence-corrected chi connectivity index (χ4v) is 3.36. The van der Waals surface area contributed by atoms with Gasteiger partial charge in [0.2, 0.25) is 10.0 Å². The van der Waals surface area contributed by atoms with Crippen molar-refractivity contribution in [2.24, 2.45) is 0 Å². The predicted molar refractivity (Wildman–Crippen MR) is 92.8 cm³/mol. The van der Waals surface area contributed by atoms with Crippen molar-refractivity contribution < 1.29 is 13.3 Å². The molecule has 0 spiro atoms. The van der Waals surface area contributed by atoms with Gasteiger partial charge in [-0.15, -0.1) is 0 Å². The Kier molecular flexibility index (Phi) is 6.13. The third-order valence-corrected chi connectivity index (χ3v) is 4.98. The first-order valence-electron chi connectivity index (χ1n) is 7.13. The van der Waals surface area contributed by atoms with Gasteiger partial charge in [0.05, 0.1) is 14.8 Å². The van der Waals surface area contributed by atoms with Gasteiger partial charge in [0.25, 0.3) is 5.69 Å². The standard InChI is InChI=1S/C15H16ClN3O4S/c16-13-8-4-9-14(19(20)21)15(13)17-10-5-11-18-24(22,23)12-6-2-1-3-7-12/h1-4,6-9,17-18H,5,10-11H2. The lowest BCUT2D eigenvalue weighted by Crippen LogP contribution is -2.26. The number of nitrogens with one attached hydrogen (secondary N) is 2. The number of anilines is 1. The Hall–Kier alpha value is -2.16. The van der Waals surface area contributed by atoms with Gasteiger partial charge in [-0.05, 0) is 24.6 Å². The third-order valence-electron chi connectivity index (χ3n) is 3.19. The number of hydrogen-bond acceptors (Lipinski definition) is 5. The molecule has 0 fully saturated rings. The number of para-hydroxylation sites is 1. The number of halogens is 1. The molecule has 24 heavy (non-hydrogen) atoms. The van der Waals surface area contributed by atoms with Crippen LogP contribution in [0.15, 0.2) is 53.4 Å². The largest absolute Gasteiger partial charge is 0.378 e. The van der Waals surface area contributed by atoms with Crippen LogP contribution in [0, 0.1) is 10.1 Å². The van der Waals surface area contributed by atoms with Crippen molar-refractivity contribution in [2.75, 3.05) is 18.4 Å². The van der Waals surface area contributed by atoms with Crippen molar-refractivity contribution >= 4 is 33.0 Å². The van der Waals surface area contributed by atoms with Crippen LogP contribution < -0.4 is 10.0 Å². The van der Waals surface area contributed by atoms with Gasteiger partial charge in [0.1, 0.15) is 5.69 Å². The van der Waals surface area contributed by atoms with E-state index in [9.17, 15) is 18.5 Å². The molecule has 9 heteroatoms. The molecule has 2 aromatic rings. The number of sulfonamides is 1. The molecule has 2 rings (SSSR count). The quantitative estimate of drug-likeness (QED) is 0.423. The highest BCUT2D eigenvalue weighted by Gasteiger charge is 2.16. The van der Waals surface area contributed by atoms with E-state index in [0.717, 1.165) is 0 Å². The van der Waals surface area contributed by atoms with E-state index in [1.165, 1.54) is 24.3 Å². The second kappa shape index (κ2) is 8.09. The summed E-state index contributed by atoms with van der Waals surface area (Å²) in [6.45, 7) is 0.532. The molecular weight excluding hydrogens is 354 g/mol. The molecule has 128 valence electrons. The monoisotopic (exact) mass is 369 g/mol. The minimum Gasteiger partial charge on any atom is -0.378 e. The Morgan fingerprint density at radius 3 is 2.42 bits per heavy atom. The molecule has 0 saturated heterocycles. The lowest BCUT2D eigenvalue weighted by molar-refractivity contribution is -0.383. The molecule has 0 aromatic heterocycles. The van der Waals surface area contributed by atoms with Crippen LogP contribution in [0.2, 0.25) is 5.02 Å². The Labute approximate surface area is 144 Å². The van der Waals surface area contributed by atoms with Crippen LogP contribution in [0.3, 0.4) is 0 Å². The summed E-state index contributed by atoms with van der Waals surface area (Å²) in [6.07, 6.45) is 0.439. The van der Waals surface area contributed by atoms with Crippen molar-refractivity contribution in [3.63, 3.8) is 0 Å². The molecule has 0 amide bonds. The molecule has 0 heterocycles. The molecule has 0 aliphatic rings. The molecule has 0 bridgehead atoms. The average Bonchev–Trinajstić information content (AvgIpc) is 2.56. The van der Waals surface area contributed by atoms with E-state index in [-0.39, 0.29) is 27.8 Å². The molecule has 2 N–H and O–H groups in total. The molecule has 0 aliphatic heterocycles. The van der Waals surface area contributed by atoms with E-state index < -0.39 is 14.9 Å². The Morgan fingerprint density at radius 2 is 1.75 bits per heavy atom. The van der Waals surface area contributed by atoms with Crippen molar-refractivity contribution in [3.8, 4) is 0 Å². The zero-order valence-electron chi connectivity index (χ0n) is 12.6. The Morgan fingerprint density at radius 1 is 1.04 bits per heavy atom. The zero-order valence-corrected chi connectivity index (χ0v) is 14.2. The molecule has 2 aromatic carbocycles. The number of nitrogens with zero attached hydrogens (tertiary/aromatic N) is 1. The fourth-order valence-electron chi connectivity index (χ4n) is 2.03. The van der Waals surface area contributed by atoms with Crippen molar-refractivity contribution in [1.29, 1.82) is 0 Å². The fraction of sp³-hybridized carbons (Fsp3) is 0.200. The van der Waals surface area contributed by atoms with Gasteiger partial charge in [0.15, 0.2) is 0 Å². The van der Waals surface area contributed by atoms with E-state index in [0.29, 0.717) is 13.0 Å². The van der Waals surface area contributed by atoms with Crippen LogP contribution in [0.5, 0.6) is 0 Å². The summed E-state index contributed by atoms with van der Waals surface area (Å²) in [6, 6.07) is 12.4. The maximum absolute atomic E-state index is 12.0. The van der Waals surface area contributed by atoms with Crippen LogP contribution in [-0.4, -0.2) is 26.4 Å². The first-order chi connectivity index (χ1) is 11.4. The number of nitro benzene ring substituents is 1. The molecule has 0 saturated carbocycles. The smallest absolute Gasteiger partial charge is 0.293 e. The summed E-state index contributed by atoms with van der Waals surface area (Å²) in [5, 5.41) is 14.1. The van der Waals surface area contributed by atoms with E-state index in [4.69, 9.17) is 11.6 Å². The summed E-state index contributed by atoms with van der Waals surface area (Å²) in [5.74, 6) is 0. The maximum atomic E-state index is 12.0.